The summed E-state index contributed by atoms with van der Waals surface area (Å²) < 4.78 is 0. The summed E-state index contributed by atoms with van der Waals surface area (Å²) >= 11 is 17.6. The van der Waals surface area contributed by atoms with Gasteiger partial charge in [0.15, 0.2) is 0 Å². The minimum Gasteiger partial charge on any atom is -0.192 e. The Bertz CT molecular complexity index is 667. The summed E-state index contributed by atoms with van der Waals surface area (Å²) in [7, 11) is 0. The zero-order valence-electron chi connectivity index (χ0n) is 9.70. The number of hydrogen-bond acceptors (Lipinski definition) is 1. The second kappa shape index (κ2) is 6.12. The lowest BCUT2D eigenvalue weighted by molar-refractivity contribution is 1.52. The molecule has 19 heavy (non-hydrogen) atoms. The predicted octanol–water partition coefficient (Wildman–Crippen LogP) is 5.71. The Morgan fingerprint density at radius 2 is 1.63 bits per heavy atom. The number of allylic oxidation sites excluding steroid dienone is 1. The van der Waals surface area contributed by atoms with Crippen molar-refractivity contribution in [3.05, 3.63) is 68.7 Å². The molecule has 94 valence electrons. The van der Waals surface area contributed by atoms with Crippen LogP contribution in [0.15, 0.2) is 42.5 Å². The van der Waals surface area contributed by atoms with Crippen molar-refractivity contribution in [2.45, 2.75) is 0 Å². The number of halogens is 3. The zero-order chi connectivity index (χ0) is 13.8. The number of rotatable bonds is 2. The third-order valence-corrected chi connectivity index (χ3v) is 3.52. The van der Waals surface area contributed by atoms with Gasteiger partial charge in [-0.3, -0.25) is 0 Å². The van der Waals surface area contributed by atoms with Crippen molar-refractivity contribution in [1.29, 1.82) is 5.26 Å². The van der Waals surface area contributed by atoms with Crippen molar-refractivity contribution in [3.63, 3.8) is 0 Å². The molecule has 0 heterocycles. The Hall–Kier alpha value is -1.46. The van der Waals surface area contributed by atoms with Crippen molar-refractivity contribution in [3.8, 4) is 6.07 Å². The van der Waals surface area contributed by atoms with Gasteiger partial charge in [0.05, 0.1) is 21.7 Å². The summed E-state index contributed by atoms with van der Waals surface area (Å²) in [4.78, 5) is 0. The van der Waals surface area contributed by atoms with Crippen LogP contribution < -0.4 is 0 Å². The Balaban J connectivity index is 2.41. The van der Waals surface area contributed by atoms with Crippen LogP contribution in [0, 0.1) is 11.3 Å². The Morgan fingerprint density at radius 1 is 0.947 bits per heavy atom. The molecule has 2 aromatic rings. The van der Waals surface area contributed by atoms with E-state index >= 15 is 0 Å². The van der Waals surface area contributed by atoms with Gasteiger partial charge in [-0.1, -0.05) is 53.0 Å². The molecule has 4 heteroatoms. The Labute approximate surface area is 126 Å². The van der Waals surface area contributed by atoms with Gasteiger partial charge in [0.1, 0.15) is 0 Å². The summed E-state index contributed by atoms with van der Waals surface area (Å²) in [6, 6.07) is 14.5. The number of nitrogens with zero attached hydrogens (tertiary/aromatic N) is 1. The van der Waals surface area contributed by atoms with Gasteiger partial charge in [0, 0.05) is 5.02 Å². The maximum Gasteiger partial charge on any atom is 0.0998 e. The highest BCUT2D eigenvalue weighted by Gasteiger charge is 2.03. The van der Waals surface area contributed by atoms with E-state index in [4.69, 9.17) is 34.8 Å². The normalized spacial score (nSPS) is 11.2. The first-order chi connectivity index (χ1) is 9.10. The third-order valence-electron chi connectivity index (χ3n) is 2.53. The maximum absolute atomic E-state index is 9.22. The van der Waals surface area contributed by atoms with Crippen LogP contribution in [0.1, 0.15) is 11.1 Å². The Morgan fingerprint density at radius 3 is 2.21 bits per heavy atom. The van der Waals surface area contributed by atoms with Crippen LogP contribution in [0.4, 0.5) is 0 Å². The van der Waals surface area contributed by atoms with Crippen LogP contribution in [0.25, 0.3) is 11.6 Å². The molecule has 0 fully saturated rings. The first kappa shape index (κ1) is 14.0. The molecule has 0 saturated carbocycles. The minimum absolute atomic E-state index is 0.462. The summed E-state index contributed by atoms with van der Waals surface area (Å²) in [5, 5.41) is 10.8. The summed E-state index contributed by atoms with van der Waals surface area (Å²) in [5.41, 5.74) is 2.16. The molecule has 0 saturated heterocycles. The van der Waals surface area contributed by atoms with E-state index in [-0.39, 0.29) is 0 Å². The molecule has 0 spiro atoms. The van der Waals surface area contributed by atoms with Gasteiger partial charge in [0.25, 0.3) is 0 Å². The molecular weight excluding hydrogens is 301 g/mol. The molecule has 0 aromatic heterocycles. The molecule has 0 aliphatic heterocycles. The fraction of sp³-hybridized carbons (Fsp3) is 0. The lowest BCUT2D eigenvalue weighted by Crippen LogP contribution is -1.82. The van der Waals surface area contributed by atoms with Crippen LogP contribution in [0.5, 0.6) is 0 Å². The molecule has 0 aliphatic carbocycles. The maximum atomic E-state index is 9.22. The SMILES string of the molecule is N#C/C(=C/c1ccc(Cl)c(Cl)c1)c1ccc(Cl)cc1. The lowest BCUT2D eigenvalue weighted by atomic mass is 10.0. The molecule has 0 aliphatic rings. The van der Waals surface area contributed by atoms with Gasteiger partial charge < -0.3 is 0 Å². The highest BCUT2D eigenvalue weighted by Crippen LogP contribution is 2.25. The number of hydrogen-bond donors (Lipinski definition) is 0. The fourth-order valence-electron chi connectivity index (χ4n) is 1.58. The van der Waals surface area contributed by atoms with Gasteiger partial charge in [0.2, 0.25) is 0 Å². The van der Waals surface area contributed by atoms with E-state index in [0.29, 0.717) is 20.6 Å². The van der Waals surface area contributed by atoms with E-state index in [1.54, 1.807) is 42.5 Å². The van der Waals surface area contributed by atoms with Crippen molar-refractivity contribution in [2.75, 3.05) is 0 Å². The van der Waals surface area contributed by atoms with Crippen molar-refractivity contribution >= 4 is 46.5 Å². The standard InChI is InChI=1S/C15H8Cl3N/c16-13-4-2-11(3-5-13)12(9-19)7-10-1-6-14(17)15(18)8-10/h1-8H/b12-7-. The van der Waals surface area contributed by atoms with E-state index in [0.717, 1.165) is 11.1 Å². The smallest absolute Gasteiger partial charge is 0.0998 e. The van der Waals surface area contributed by atoms with Gasteiger partial charge >= 0.3 is 0 Å². The largest absolute Gasteiger partial charge is 0.192 e. The third kappa shape index (κ3) is 3.52. The topological polar surface area (TPSA) is 23.8 Å². The molecule has 0 radical (unpaired) electrons. The monoisotopic (exact) mass is 307 g/mol. The zero-order valence-corrected chi connectivity index (χ0v) is 12.0. The van der Waals surface area contributed by atoms with Crippen LogP contribution in [-0.2, 0) is 0 Å². The van der Waals surface area contributed by atoms with Gasteiger partial charge in [-0.05, 0) is 41.5 Å². The van der Waals surface area contributed by atoms with Crippen molar-refractivity contribution in [2.24, 2.45) is 0 Å². The average molecular weight is 309 g/mol. The second-order valence-corrected chi connectivity index (χ2v) is 5.10. The second-order valence-electron chi connectivity index (χ2n) is 3.85. The van der Waals surface area contributed by atoms with Crippen molar-refractivity contribution < 1.29 is 0 Å². The van der Waals surface area contributed by atoms with E-state index in [2.05, 4.69) is 6.07 Å². The predicted molar refractivity (Wildman–Crippen MR) is 81.4 cm³/mol. The quantitative estimate of drug-likeness (QED) is 0.515. The number of benzene rings is 2. The summed E-state index contributed by atoms with van der Waals surface area (Å²) in [6.07, 6.45) is 1.76. The molecule has 0 N–H and O–H groups in total. The van der Waals surface area contributed by atoms with Gasteiger partial charge in [-0.25, -0.2) is 0 Å². The van der Waals surface area contributed by atoms with Gasteiger partial charge in [-0.2, -0.15) is 5.26 Å². The molecule has 0 unspecified atom stereocenters. The first-order valence-electron chi connectivity index (χ1n) is 5.43. The van der Waals surface area contributed by atoms with Crippen LogP contribution in [0.2, 0.25) is 15.1 Å². The van der Waals surface area contributed by atoms with E-state index in [1.807, 2.05) is 6.07 Å². The fourth-order valence-corrected chi connectivity index (χ4v) is 2.01. The van der Waals surface area contributed by atoms with Crippen molar-refractivity contribution in [1.82, 2.24) is 0 Å². The van der Waals surface area contributed by atoms with E-state index in [9.17, 15) is 5.26 Å². The lowest BCUT2D eigenvalue weighted by Gasteiger charge is -2.01. The molecule has 0 bridgehead atoms. The number of nitriles is 1. The highest BCUT2D eigenvalue weighted by molar-refractivity contribution is 6.42. The first-order valence-corrected chi connectivity index (χ1v) is 6.56. The molecule has 0 atom stereocenters. The van der Waals surface area contributed by atoms with E-state index in [1.165, 1.54) is 0 Å². The molecule has 2 aromatic carbocycles. The van der Waals surface area contributed by atoms with Gasteiger partial charge in [-0.15, -0.1) is 0 Å². The van der Waals surface area contributed by atoms with Crippen LogP contribution >= 0.6 is 34.8 Å². The molecule has 2 rings (SSSR count). The summed E-state index contributed by atoms with van der Waals surface area (Å²) in [5.74, 6) is 0. The summed E-state index contributed by atoms with van der Waals surface area (Å²) in [6.45, 7) is 0. The van der Waals surface area contributed by atoms with Crippen LogP contribution in [0.3, 0.4) is 0 Å². The van der Waals surface area contributed by atoms with Crippen LogP contribution in [-0.4, -0.2) is 0 Å². The highest BCUT2D eigenvalue weighted by atomic mass is 35.5. The Kier molecular flexibility index (Phi) is 4.50. The molecular formula is C15H8Cl3N. The minimum atomic E-state index is 0.462. The molecule has 1 nitrogen and oxygen atoms in total. The molecule has 0 amide bonds. The average Bonchev–Trinajstić information content (AvgIpc) is 2.41. The van der Waals surface area contributed by atoms with E-state index < -0.39 is 0 Å².